The van der Waals surface area contributed by atoms with Crippen LogP contribution in [0.2, 0.25) is 0 Å². The van der Waals surface area contributed by atoms with E-state index in [0.717, 1.165) is 6.41 Å². The minimum atomic E-state index is -4.67. The number of carbonyl (C=O) groups excluding carboxylic acids is 1. The van der Waals surface area contributed by atoms with Crippen molar-refractivity contribution in [2.75, 3.05) is 14.1 Å². The van der Waals surface area contributed by atoms with Gasteiger partial charge in [-0.15, -0.1) is 0 Å². The van der Waals surface area contributed by atoms with Crippen LogP contribution in [0.15, 0.2) is 0 Å². The van der Waals surface area contributed by atoms with Crippen molar-refractivity contribution < 1.29 is 53.3 Å². The second-order valence-corrected chi connectivity index (χ2v) is 2.41. The third-order valence-corrected chi connectivity index (χ3v) is 0.211. The number of rotatable bonds is 1. The average molecular weight is 195 g/mol. The number of nitrogens with zero attached hydrogens (tertiary/aromatic N) is 1. The van der Waals surface area contributed by atoms with Gasteiger partial charge in [0.05, 0.1) is 0 Å². The first-order chi connectivity index (χ1) is 4.27. The van der Waals surface area contributed by atoms with Crippen molar-refractivity contribution >= 4 is 16.8 Å². The van der Waals surface area contributed by atoms with Gasteiger partial charge in [-0.05, 0) is 0 Å². The zero-order valence-electron chi connectivity index (χ0n) is 7.55. The Hall–Kier alpha value is 0.340. The van der Waals surface area contributed by atoms with Crippen LogP contribution in [0.25, 0.3) is 0 Å². The molecule has 0 spiro atoms. The van der Waals surface area contributed by atoms with Crippen LogP contribution in [0, 0.1) is 0 Å². The van der Waals surface area contributed by atoms with Crippen LogP contribution in [-0.4, -0.2) is 42.9 Å². The fourth-order valence-electron chi connectivity index (χ4n) is 0. The van der Waals surface area contributed by atoms with Gasteiger partial charge in [0.2, 0.25) is 6.41 Å². The van der Waals surface area contributed by atoms with Crippen molar-refractivity contribution in [3.63, 3.8) is 0 Å². The van der Waals surface area contributed by atoms with Crippen LogP contribution >= 0.6 is 0 Å². The predicted octanol–water partition coefficient (Wildman–Crippen LogP) is -3.83. The minimum Gasteiger partial charge on any atom is -1.00 e. The molecule has 0 aromatic heterocycles. The van der Waals surface area contributed by atoms with Crippen LogP contribution in [0.5, 0.6) is 0 Å². The molecule has 6 nitrogen and oxygen atoms in total. The number of amides is 1. The summed E-state index contributed by atoms with van der Waals surface area (Å²) >= 11 is 0. The van der Waals surface area contributed by atoms with E-state index in [0.29, 0.717) is 0 Å². The van der Waals surface area contributed by atoms with Crippen LogP contribution in [0.3, 0.4) is 0 Å². The molecule has 0 radical (unpaired) electrons. The van der Waals surface area contributed by atoms with E-state index in [1.165, 1.54) is 4.90 Å². The van der Waals surface area contributed by atoms with E-state index in [4.69, 9.17) is 17.5 Å². The van der Waals surface area contributed by atoms with Crippen molar-refractivity contribution in [2.24, 2.45) is 0 Å². The molecule has 64 valence electrons. The monoisotopic (exact) mass is 195 g/mol. The zero-order chi connectivity index (χ0) is 8.78. The van der Waals surface area contributed by atoms with E-state index in [1.54, 1.807) is 14.1 Å². The van der Waals surface area contributed by atoms with Crippen molar-refractivity contribution in [3.05, 3.63) is 0 Å². The maximum Gasteiger partial charge on any atom is 1.00 e. The summed E-state index contributed by atoms with van der Waals surface area (Å²) < 4.78 is 31.6. The predicted molar refractivity (Wildman–Crippen MR) is 35.0 cm³/mol. The Morgan fingerprint density at radius 2 is 1.45 bits per heavy atom. The fourth-order valence-corrected chi connectivity index (χ4v) is 0. The van der Waals surface area contributed by atoms with Crippen LogP contribution in [0.1, 0.15) is 1.43 Å². The quantitative estimate of drug-likeness (QED) is 0.254. The summed E-state index contributed by atoms with van der Waals surface area (Å²) in [5, 5.41) is 0. The molecule has 0 bridgehead atoms. The van der Waals surface area contributed by atoms with Gasteiger partial charge >= 0.3 is 40.0 Å². The van der Waals surface area contributed by atoms with Gasteiger partial charge in [-0.3, -0.25) is 13.9 Å². The average Bonchev–Trinajstić information content (AvgIpc) is 1.61. The summed E-state index contributed by atoms with van der Waals surface area (Å²) in [4.78, 5) is 10.9. The summed E-state index contributed by atoms with van der Waals surface area (Å²) in [6, 6.07) is 0. The first-order valence-corrected chi connectivity index (χ1v) is 3.48. The number of hydrogen-bond donors (Lipinski definition) is 2. The molecule has 0 aliphatic carbocycles. The molecule has 1 amide bonds. The Balaban J connectivity index is -0.0000000457. The van der Waals surface area contributed by atoms with E-state index in [9.17, 15) is 4.79 Å². The van der Waals surface area contributed by atoms with Gasteiger partial charge in [0.1, 0.15) is 0 Å². The van der Waals surface area contributed by atoms with Crippen molar-refractivity contribution in [1.82, 2.24) is 4.90 Å². The molecule has 0 aromatic rings. The van der Waals surface area contributed by atoms with E-state index < -0.39 is 10.4 Å². The third-order valence-electron chi connectivity index (χ3n) is 0.211. The molecule has 0 aromatic carbocycles. The molecule has 0 aliphatic heterocycles. The van der Waals surface area contributed by atoms with E-state index in [1.807, 2.05) is 0 Å². The van der Waals surface area contributed by atoms with Gasteiger partial charge in [0.15, 0.2) is 0 Å². The smallest absolute Gasteiger partial charge is 1.00 e. The molecule has 0 saturated heterocycles. The van der Waals surface area contributed by atoms with Crippen molar-refractivity contribution in [2.45, 2.75) is 0 Å². The van der Waals surface area contributed by atoms with Crippen LogP contribution in [-0.2, 0) is 15.2 Å². The SMILES string of the molecule is CN(C)C=O.O=S(=O)(O)O.[H-].[Na+]. The maximum atomic E-state index is 9.43. The van der Waals surface area contributed by atoms with Gasteiger partial charge in [0.25, 0.3) is 0 Å². The Morgan fingerprint density at radius 3 is 1.45 bits per heavy atom. The standard InChI is InChI=1S/C3H7NO.Na.H2O4S.H/c1-4(2)3-5;;1-5(2,3)4;/h3H,1-2H3;;(H2,1,2,3,4);/q;+1;;-1. The van der Waals surface area contributed by atoms with Crippen LogP contribution < -0.4 is 29.6 Å². The summed E-state index contributed by atoms with van der Waals surface area (Å²) in [6.07, 6.45) is 0.750. The molecular weight excluding hydrogens is 185 g/mol. The van der Waals surface area contributed by atoms with Crippen LogP contribution in [0.4, 0.5) is 0 Å². The molecule has 0 fully saturated rings. The summed E-state index contributed by atoms with van der Waals surface area (Å²) in [6.45, 7) is 0. The molecule has 0 heterocycles. The summed E-state index contributed by atoms with van der Waals surface area (Å²) in [5.41, 5.74) is 0. The molecule has 0 saturated carbocycles. The van der Waals surface area contributed by atoms with Crippen molar-refractivity contribution in [1.29, 1.82) is 0 Å². The molecule has 0 rings (SSSR count). The van der Waals surface area contributed by atoms with E-state index in [-0.39, 0.29) is 31.0 Å². The minimum absolute atomic E-state index is 0. The fraction of sp³-hybridized carbons (Fsp3) is 0.667. The Morgan fingerprint density at radius 1 is 1.36 bits per heavy atom. The first-order valence-electron chi connectivity index (χ1n) is 2.09. The van der Waals surface area contributed by atoms with E-state index in [2.05, 4.69) is 0 Å². The Bertz CT molecular complexity index is 173. The van der Waals surface area contributed by atoms with Gasteiger partial charge in [-0.25, -0.2) is 0 Å². The molecule has 0 unspecified atom stereocenters. The van der Waals surface area contributed by atoms with Crippen molar-refractivity contribution in [3.8, 4) is 0 Å². The molecule has 2 N–H and O–H groups in total. The van der Waals surface area contributed by atoms with Gasteiger partial charge in [-0.1, -0.05) is 0 Å². The summed E-state index contributed by atoms with van der Waals surface area (Å²) in [7, 11) is -1.29. The molecule has 0 atom stereocenters. The van der Waals surface area contributed by atoms with Gasteiger partial charge < -0.3 is 6.33 Å². The normalized spacial score (nSPS) is 8.36. The zero-order valence-corrected chi connectivity index (χ0v) is 9.37. The second-order valence-electron chi connectivity index (χ2n) is 1.52. The molecule has 0 aliphatic rings. The first kappa shape index (κ1) is 17.4. The largest absolute Gasteiger partial charge is 1.00 e. The molecular formula is C3H10NNaO5S. The second kappa shape index (κ2) is 8.44. The van der Waals surface area contributed by atoms with Gasteiger partial charge in [0, 0.05) is 14.1 Å². The number of hydrogen-bond acceptors (Lipinski definition) is 3. The summed E-state index contributed by atoms with van der Waals surface area (Å²) in [5.74, 6) is 0. The Labute approximate surface area is 88.9 Å². The van der Waals surface area contributed by atoms with E-state index >= 15 is 0 Å². The van der Waals surface area contributed by atoms with Gasteiger partial charge in [-0.2, -0.15) is 8.42 Å². The molecule has 8 heteroatoms. The Kier molecular flexibility index (Phi) is 13.4. The third kappa shape index (κ3) is 131. The maximum absolute atomic E-state index is 9.43. The number of carbonyl (C=O) groups is 1. The molecule has 11 heavy (non-hydrogen) atoms. The topological polar surface area (TPSA) is 94.9 Å².